The number of likely N-dealkylation sites (tertiary alicyclic amines) is 1. The van der Waals surface area contributed by atoms with Crippen LogP contribution in [0.1, 0.15) is 33.1 Å². The Bertz CT molecular complexity index is 198. The second-order valence-corrected chi connectivity index (χ2v) is 4.24. The zero-order valence-corrected chi connectivity index (χ0v) is 8.94. The first-order chi connectivity index (χ1) is 6.52. The summed E-state index contributed by atoms with van der Waals surface area (Å²) >= 11 is 0. The van der Waals surface area contributed by atoms with E-state index in [1.807, 2.05) is 0 Å². The summed E-state index contributed by atoms with van der Waals surface area (Å²) in [4.78, 5) is 12.9. The van der Waals surface area contributed by atoms with Gasteiger partial charge in [0.05, 0.1) is 0 Å². The van der Waals surface area contributed by atoms with Gasteiger partial charge < -0.3 is 10.8 Å². The number of amides is 1. The highest BCUT2D eigenvalue weighted by Gasteiger charge is 2.27. The number of nitrogens with zero attached hydrogens (tertiary/aromatic N) is 1. The van der Waals surface area contributed by atoms with E-state index in [-0.39, 0.29) is 0 Å². The summed E-state index contributed by atoms with van der Waals surface area (Å²) in [6.45, 7) is 4.63. The van der Waals surface area contributed by atoms with E-state index in [0.717, 1.165) is 12.8 Å². The highest BCUT2D eigenvalue weighted by molar-refractivity contribution is 5.78. The van der Waals surface area contributed by atoms with E-state index in [4.69, 9.17) is 5.73 Å². The van der Waals surface area contributed by atoms with Crippen LogP contribution in [0.5, 0.6) is 0 Å². The van der Waals surface area contributed by atoms with Gasteiger partial charge in [0, 0.05) is 18.6 Å². The number of primary amides is 1. The lowest BCUT2D eigenvalue weighted by molar-refractivity contribution is -0.127. The number of rotatable bonds is 3. The first kappa shape index (κ1) is 11.5. The molecule has 0 bridgehead atoms. The quantitative estimate of drug-likeness (QED) is 0.679. The van der Waals surface area contributed by atoms with Crippen molar-refractivity contribution >= 4 is 5.91 Å². The average molecular weight is 200 g/mol. The van der Waals surface area contributed by atoms with E-state index in [0.29, 0.717) is 18.6 Å². The molecule has 0 unspecified atom stereocenters. The van der Waals surface area contributed by atoms with Gasteiger partial charge in [-0.05, 0) is 26.7 Å². The van der Waals surface area contributed by atoms with E-state index in [1.54, 1.807) is 0 Å². The van der Waals surface area contributed by atoms with Gasteiger partial charge in [-0.1, -0.05) is 6.42 Å². The molecular formula is C10H20N2O2. The van der Waals surface area contributed by atoms with E-state index in [9.17, 15) is 9.90 Å². The van der Waals surface area contributed by atoms with Gasteiger partial charge in [0.25, 0.3) is 0 Å². The van der Waals surface area contributed by atoms with Crippen LogP contribution in [0, 0.1) is 0 Å². The third kappa shape index (κ3) is 2.69. The predicted molar refractivity (Wildman–Crippen MR) is 54.7 cm³/mol. The molecule has 4 nitrogen and oxygen atoms in total. The fourth-order valence-corrected chi connectivity index (χ4v) is 2.12. The molecule has 0 aliphatic carbocycles. The molecule has 0 radical (unpaired) electrons. The highest BCUT2D eigenvalue weighted by Crippen LogP contribution is 2.22. The number of hydrogen-bond acceptors (Lipinski definition) is 3. The number of piperidine rings is 1. The van der Waals surface area contributed by atoms with Crippen molar-refractivity contribution in [3.05, 3.63) is 0 Å². The van der Waals surface area contributed by atoms with E-state index >= 15 is 0 Å². The van der Waals surface area contributed by atoms with Crippen LogP contribution in [0.15, 0.2) is 0 Å². The number of aliphatic hydroxyl groups is 1. The lowest BCUT2D eigenvalue weighted by Crippen LogP contribution is -2.49. The third-order valence-corrected chi connectivity index (χ3v) is 3.09. The topological polar surface area (TPSA) is 66.6 Å². The Balaban J connectivity index is 2.51. The molecule has 0 saturated carbocycles. The normalized spacial score (nSPS) is 31.4. The first-order valence-electron chi connectivity index (χ1n) is 5.25. The van der Waals surface area contributed by atoms with Crippen LogP contribution in [0.25, 0.3) is 0 Å². The molecule has 82 valence electrons. The van der Waals surface area contributed by atoms with Gasteiger partial charge in [0.2, 0.25) is 5.91 Å². The predicted octanol–water partition coefficient (Wildman–Crippen LogP) is 0.0955. The van der Waals surface area contributed by atoms with Gasteiger partial charge in [-0.15, -0.1) is 0 Å². The molecule has 14 heavy (non-hydrogen) atoms. The molecule has 1 heterocycles. The molecule has 1 aliphatic rings. The zero-order chi connectivity index (χ0) is 10.7. The molecule has 1 fully saturated rings. The van der Waals surface area contributed by atoms with Crippen molar-refractivity contribution in [1.29, 1.82) is 0 Å². The van der Waals surface area contributed by atoms with Crippen LogP contribution < -0.4 is 5.73 Å². The summed E-state index contributed by atoms with van der Waals surface area (Å²) in [5.41, 5.74) is 5.03. The van der Waals surface area contributed by atoms with E-state index < -0.39 is 12.0 Å². The molecule has 0 aromatic heterocycles. The van der Waals surface area contributed by atoms with Crippen LogP contribution in [-0.4, -0.2) is 40.6 Å². The minimum atomic E-state index is -1.03. The highest BCUT2D eigenvalue weighted by atomic mass is 16.3. The van der Waals surface area contributed by atoms with Crippen molar-refractivity contribution in [2.75, 3.05) is 6.54 Å². The van der Waals surface area contributed by atoms with Gasteiger partial charge in [-0.25, -0.2) is 0 Å². The van der Waals surface area contributed by atoms with Crippen molar-refractivity contribution in [3.8, 4) is 0 Å². The molecule has 4 heteroatoms. The standard InChI is InChI=1S/C10H20N2O2/c1-7-4-3-5-8(2)12(7)6-9(13)10(11)14/h7-9,13H,3-6H2,1-2H3,(H2,11,14)/t7-,8+,9-/m1/s1. The first-order valence-corrected chi connectivity index (χ1v) is 5.25. The minimum Gasteiger partial charge on any atom is -0.382 e. The molecule has 0 aromatic carbocycles. The van der Waals surface area contributed by atoms with Crippen LogP contribution in [0.2, 0.25) is 0 Å². The lowest BCUT2D eigenvalue weighted by atomic mass is 9.97. The van der Waals surface area contributed by atoms with Crippen molar-refractivity contribution in [2.24, 2.45) is 5.73 Å². The van der Waals surface area contributed by atoms with Gasteiger partial charge >= 0.3 is 0 Å². The van der Waals surface area contributed by atoms with Crippen LogP contribution in [0.3, 0.4) is 0 Å². The Labute approximate surface area is 85.1 Å². The molecule has 1 saturated heterocycles. The summed E-state index contributed by atoms with van der Waals surface area (Å²) in [5.74, 6) is -0.630. The van der Waals surface area contributed by atoms with Gasteiger partial charge in [-0.3, -0.25) is 9.69 Å². The molecule has 0 spiro atoms. The molecule has 3 N–H and O–H groups in total. The lowest BCUT2D eigenvalue weighted by Gasteiger charge is -2.39. The van der Waals surface area contributed by atoms with Crippen molar-refractivity contribution in [3.63, 3.8) is 0 Å². The molecule has 1 rings (SSSR count). The molecular weight excluding hydrogens is 180 g/mol. The molecule has 0 aromatic rings. The van der Waals surface area contributed by atoms with Crippen molar-refractivity contribution < 1.29 is 9.90 Å². The SMILES string of the molecule is C[C@@H]1CCC[C@H](C)N1C[C@@H](O)C(N)=O. The number of carbonyl (C=O) groups excluding carboxylic acids is 1. The summed E-state index contributed by atoms with van der Waals surface area (Å²) in [6.07, 6.45) is 2.47. The van der Waals surface area contributed by atoms with Crippen molar-refractivity contribution in [1.82, 2.24) is 4.90 Å². The molecule has 1 amide bonds. The van der Waals surface area contributed by atoms with Gasteiger partial charge in [0.1, 0.15) is 6.10 Å². The Morgan fingerprint density at radius 1 is 1.50 bits per heavy atom. The van der Waals surface area contributed by atoms with E-state index in [1.165, 1.54) is 6.42 Å². The molecule has 1 aliphatic heterocycles. The fraction of sp³-hybridized carbons (Fsp3) is 0.900. The smallest absolute Gasteiger partial charge is 0.247 e. The van der Waals surface area contributed by atoms with E-state index in [2.05, 4.69) is 18.7 Å². The fourth-order valence-electron chi connectivity index (χ4n) is 2.12. The summed E-state index contributed by atoms with van der Waals surface area (Å²) in [6, 6.07) is 0.875. The Morgan fingerprint density at radius 3 is 2.43 bits per heavy atom. The number of carbonyl (C=O) groups is 1. The van der Waals surface area contributed by atoms with Crippen LogP contribution in [-0.2, 0) is 4.79 Å². The van der Waals surface area contributed by atoms with Crippen molar-refractivity contribution in [2.45, 2.75) is 51.3 Å². The maximum atomic E-state index is 10.7. The van der Waals surface area contributed by atoms with Crippen LogP contribution >= 0.6 is 0 Å². The second-order valence-electron chi connectivity index (χ2n) is 4.24. The maximum absolute atomic E-state index is 10.7. The number of nitrogens with two attached hydrogens (primary N) is 1. The summed E-state index contributed by atoms with van der Waals surface area (Å²) in [5, 5.41) is 9.40. The zero-order valence-electron chi connectivity index (χ0n) is 8.94. The summed E-state index contributed by atoms with van der Waals surface area (Å²) in [7, 11) is 0. The Kier molecular flexibility index (Phi) is 3.89. The largest absolute Gasteiger partial charge is 0.382 e. The third-order valence-electron chi connectivity index (χ3n) is 3.09. The van der Waals surface area contributed by atoms with Crippen LogP contribution in [0.4, 0.5) is 0 Å². The van der Waals surface area contributed by atoms with Gasteiger partial charge in [-0.2, -0.15) is 0 Å². The van der Waals surface area contributed by atoms with Gasteiger partial charge in [0.15, 0.2) is 0 Å². The minimum absolute atomic E-state index is 0.373. The Morgan fingerprint density at radius 2 is 2.00 bits per heavy atom. The number of β-amino-alcohol motifs (C(OH)–C–C–N with tert-alkyl or cyclic N) is 1. The number of aliphatic hydroxyl groups excluding tert-OH is 1. The number of hydrogen-bond donors (Lipinski definition) is 2. The molecule has 3 atom stereocenters. The monoisotopic (exact) mass is 200 g/mol. The Hall–Kier alpha value is -0.610. The second kappa shape index (κ2) is 4.75. The average Bonchev–Trinajstić information content (AvgIpc) is 2.11. The summed E-state index contributed by atoms with van der Waals surface area (Å²) < 4.78 is 0. The maximum Gasteiger partial charge on any atom is 0.247 e.